The van der Waals surface area contributed by atoms with Gasteiger partial charge in [0, 0.05) is 10.4 Å². The van der Waals surface area contributed by atoms with Gasteiger partial charge in [-0.05, 0) is 32.0 Å². The second kappa shape index (κ2) is 5.90. The Hall–Kier alpha value is -1.10. The number of carbonyl (C=O) groups excluding carboxylic acids is 1. The highest BCUT2D eigenvalue weighted by Crippen LogP contribution is 2.22. The van der Waals surface area contributed by atoms with Crippen LogP contribution in [0.2, 0.25) is 10.0 Å². The third-order valence-corrected chi connectivity index (χ3v) is 3.94. The van der Waals surface area contributed by atoms with Crippen molar-refractivity contribution in [3.8, 4) is 0 Å². The molecule has 1 aromatic carbocycles. The molecule has 100 valence electrons. The van der Waals surface area contributed by atoms with E-state index in [0.717, 1.165) is 10.7 Å². The van der Waals surface area contributed by atoms with E-state index in [9.17, 15) is 4.79 Å². The number of carbonyl (C=O) groups is 1. The molecule has 2 rings (SSSR count). The van der Waals surface area contributed by atoms with Crippen LogP contribution in [0.4, 0.5) is 0 Å². The molecule has 3 nitrogen and oxygen atoms in total. The van der Waals surface area contributed by atoms with Gasteiger partial charge in [-0.25, -0.2) is 4.98 Å². The summed E-state index contributed by atoms with van der Waals surface area (Å²) in [6, 6.07) is 4.64. The van der Waals surface area contributed by atoms with Gasteiger partial charge in [0.15, 0.2) is 0 Å². The number of benzene rings is 1. The fourth-order valence-corrected chi connectivity index (χ4v) is 2.80. The minimum absolute atomic E-state index is 0.163. The van der Waals surface area contributed by atoms with Crippen LogP contribution < -0.4 is 5.32 Å². The number of amides is 1. The van der Waals surface area contributed by atoms with Gasteiger partial charge >= 0.3 is 0 Å². The summed E-state index contributed by atoms with van der Waals surface area (Å²) in [7, 11) is 0. The van der Waals surface area contributed by atoms with E-state index >= 15 is 0 Å². The molecule has 0 radical (unpaired) electrons. The van der Waals surface area contributed by atoms with Crippen LogP contribution in [0.1, 0.15) is 34.0 Å². The second-order valence-corrected chi connectivity index (χ2v) is 6.02. The summed E-state index contributed by atoms with van der Waals surface area (Å²) in [6.45, 7) is 3.81. The Morgan fingerprint density at radius 2 is 2.16 bits per heavy atom. The molecule has 1 aromatic heterocycles. The topological polar surface area (TPSA) is 42.0 Å². The van der Waals surface area contributed by atoms with Gasteiger partial charge in [0.2, 0.25) is 0 Å². The van der Waals surface area contributed by atoms with E-state index in [-0.39, 0.29) is 11.9 Å². The molecule has 0 saturated heterocycles. The van der Waals surface area contributed by atoms with Crippen molar-refractivity contribution in [2.45, 2.75) is 19.9 Å². The van der Waals surface area contributed by atoms with Crippen molar-refractivity contribution < 1.29 is 4.79 Å². The Morgan fingerprint density at radius 3 is 2.74 bits per heavy atom. The number of thiazole rings is 1. The lowest BCUT2D eigenvalue weighted by atomic mass is 10.2. The summed E-state index contributed by atoms with van der Waals surface area (Å²) in [5.74, 6) is -0.236. The molecule has 0 saturated carbocycles. The van der Waals surface area contributed by atoms with E-state index in [4.69, 9.17) is 23.2 Å². The maximum atomic E-state index is 12.1. The molecule has 1 N–H and O–H groups in total. The third-order valence-electron chi connectivity index (χ3n) is 2.60. The number of aromatic nitrogens is 1. The van der Waals surface area contributed by atoms with Crippen molar-refractivity contribution in [3.63, 3.8) is 0 Å². The normalized spacial score (nSPS) is 12.2. The first-order chi connectivity index (χ1) is 8.97. The summed E-state index contributed by atoms with van der Waals surface area (Å²) < 4.78 is 0. The predicted octanol–water partition coefficient (Wildman–Crippen LogP) is 4.25. The number of aryl methyl sites for hydroxylation is 1. The molecule has 1 heterocycles. The molecule has 1 unspecified atom stereocenters. The standard InChI is InChI=1S/C13H12Cl2N2OS/c1-7(12-6-19-8(2)17-12)16-13(18)10-4-3-9(14)5-11(10)15/h3-7H,1-2H3,(H,16,18). The second-order valence-electron chi connectivity index (χ2n) is 4.11. The zero-order valence-electron chi connectivity index (χ0n) is 10.4. The molecular weight excluding hydrogens is 303 g/mol. The largest absolute Gasteiger partial charge is 0.344 e. The smallest absolute Gasteiger partial charge is 0.253 e. The first-order valence-corrected chi connectivity index (χ1v) is 7.29. The minimum Gasteiger partial charge on any atom is -0.344 e. The fraction of sp³-hybridized carbons (Fsp3) is 0.231. The van der Waals surface area contributed by atoms with Crippen LogP contribution >= 0.6 is 34.5 Å². The number of halogens is 2. The Labute approximate surface area is 125 Å². The zero-order valence-corrected chi connectivity index (χ0v) is 12.7. The molecular formula is C13H12Cl2N2OS. The van der Waals surface area contributed by atoms with E-state index in [1.54, 1.807) is 29.5 Å². The van der Waals surface area contributed by atoms with Crippen molar-refractivity contribution in [2.75, 3.05) is 0 Å². The number of nitrogens with zero attached hydrogens (tertiary/aromatic N) is 1. The number of nitrogens with one attached hydrogen (secondary N) is 1. The van der Waals surface area contributed by atoms with Crippen molar-refractivity contribution >= 4 is 40.4 Å². The van der Waals surface area contributed by atoms with Gasteiger partial charge in [0.05, 0.1) is 27.3 Å². The Morgan fingerprint density at radius 1 is 1.42 bits per heavy atom. The van der Waals surface area contributed by atoms with E-state index in [0.29, 0.717) is 15.6 Å². The predicted molar refractivity (Wildman–Crippen MR) is 79.2 cm³/mol. The molecule has 0 aliphatic rings. The van der Waals surface area contributed by atoms with E-state index in [2.05, 4.69) is 10.3 Å². The first kappa shape index (κ1) is 14.3. The number of rotatable bonds is 3. The third kappa shape index (κ3) is 3.47. The van der Waals surface area contributed by atoms with Crippen molar-refractivity contribution in [1.82, 2.24) is 10.3 Å². The van der Waals surface area contributed by atoms with Crippen molar-refractivity contribution in [2.24, 2.45) is 0 Å². The highest BCUT2D eigenvalue weighted by molar-refractivity contribution is 7.09. The maximum Gasteiger partial charge on any atom is 0.253 e. The number of hydrogen-bond donors (Lipinski definition) is 1. The van der Waals surface area contributed by atoms with Gasteiger partial charge in [-0.3, -0.25) is 4.79 Å². The molecule has 0 aliphatic heterocycles. The monoisotopic (exact) mass is 314 g/mol. The van der Waals surface area contributed by atoms with Gasteiger partial charge < -0.3 is 5.32 Å². The molecule has 1 amide bonds. The van der Waals surface area contributed by atoms with E-state index in [1.807, 2.05) is 19.2 Å². The maximum absolute atomic E-state index is 12.1. The summed E-state index contributed by atoms with van der Waals surface area (Å²) in [5.41, 5.74) is 1.26. The highest BCUT2D eigenvalue weighted by atomic mass is 35.5. The molecule has 0 bridgehead atoms. The summed E-state index contributed by atoms with van der Waals surface area (Å²) in [4.78, 5) is 16.4. The van der Waals surface area contributed by atoms with Crippen LogP contribution in [0.15, 0.2) is 23.6 Å². The van der Waals surface area contributed by atoms with E-state index < -0.39 is 0 Å². The van der Waals surface area contributed by atoms with E-state index in [1.165, 1.54) is 0 Å². The summed E-state index contributed by atoms with van der Waals surface area (Å²) in [5, 5.41) is 6.61. The molecule has 0 spiro atoms. The fourth-order valence-electron chi connectivity index (χ4n) is 1.60. The van der Waals surface area contributed by atoms with Gasteiger partial charge in [-0.15, -0.1) is 11.3 Å². The molecule has 1 atom stereocenters. The van der Waals surface area contributed by atoms with Crippen LogP contribution in [0.25, 0.3) is 0 Å². The lowest BCUT2D eigenvalue weighted by Gasteiger charge is -2.12. The highest BCUT2D eigenvalue weighted by Gasteiger charge is 2.15. The van der Waals surface area contributed by atoms with Gasteiger partial charge in [-0.1, -0.05) is 23.2 Å². The van der Waals surface area contributed by atoms with Gasteiger partial charge in [0.1, 0.15) is 0 Å². The summed E-state index contributed by atoms with van der Waals surface area (Å²) >= 11 is 13.4. The van der Waals surface area contributed by atoms with Gasteiger partial charge in [-0.2, -0.15) is 0 Å². The van der Waals surface area contributed by atoms with Crippen LogP contribution in [0.5, 0.6) is 0 Å². The average molecular weight is 315 g/mol. The molecule has 6 heteroatoms. The SMILES string of the molecule is Cc1nc(C(C)NC(=O)c2ccc(Cl)cc2Cl)cs1. The van der Waals surface area contributed by atoms with Crippen molar-refractivity contribution in [3.05, 3.63) is 49.9 Å². The summed E-state index contributed by atoms with van der Waals surface area (Å²) in [6.07, 6.45) is 0. The molecule has 0 fully saturated rings. The molecule has 2 aromatic rings. The Kier molecular flexibility index (Phi) is 4.45. The minimum atomic E-state index is -0.236. The van der Waals surface area contributed by atoms with Gasteiger partial charge in [0.25, 0.3) is 5.91 Å². The van der Waals surface area contributed by atoms with Crippen LogP contribution in [-0.4, -0.2) is 10.9 Å². The lowest BCUT2D eigenvalue weighted by Crippen LogP contribution is -2.27. The average Bonchev–Trinajstić information content (AvgIpc) is 2.75. The Balaban J connectivity index is 2.12. The quantitative estimate of drug-likeness (QED) is 0.920. The molecule has 19 heavy (non-hydrogen) atoms. The molecule has 0 aliphatic carbocycles. The lowest BCUT2D eigenvalue weighted by molar-refractivity contribution is 0.0939. The van der Waals surface area contributed by atoms with Crippen LogP contribution in [0, 0.1) is 6.92 Å². The van der Waals surface area contributed by atoms with Crippen LogP contribution in [-0.2, 0) is 0 Å². The van der Waals surface area contributed by atoms with Crippen LogP contribution in [0.3, 0.4) is 0 Å². The zero-order chi connectivity index (χ0) is 14.0. The Bertz CT molecular complexity index is 612. The first-order valence-electron chi connectivity index (χ1n) is 5.65. The van der Waals surface area contributed by atoms with Crippen molar-refractivity contribution in [1.29, 1.82) is 0 Å². The number of hydrogen-bond acceptors (Lipinski definition) is 3.